The van der Waals surface area contributed by atoms with Crippen LogP contribution in [0.25, 0.3) is 0 Å². The summed E-state index contributed by atoms with van der Waals surface area (Å²) in [7, 11) is 1.38. The van der Waals surface area contributed by atoms with Gasteiger partial charge in [-0.15, -0.1) is 0 Å². The average molecular weight is 350 g/mol. The van der Waals surface area contributed by atoms with Gasteiger partial charge in [0.25, 0.3) is 0 Å². The predicted molar refractivity (Wildman–Crippen MR) is 101 cm³/mol. The maximum absolute atomic E-state index is 10.6. The van der Waals surface area contributed by atoms with Crippen LogP contribution in [-0.2, 0) is 9.53 Å². The van der Waals surface area contributed by atoms with Crippen molar-refractivity contribution in [1.82, 2.24) is 4.98 Å². The maximum Gasteiger partial charge on any atom is 0.337 e. The third-order valence-electron chi connectivity index (χ3n) is 3.73. The van der Waals surface area contributed by atoms with Gasteiger partial charge in [0.15, 0.2) is 6.10 Å². The standard InChI is InChI=1S/C12H12N2.C9H10O3/c13-12(10-6-2-1-3-7-10)11-8-4-5-9-14-11;1-12-8(9(10)11)7-5-3-2-4-6-7/h1-9,12H,13H2;2-6,8H,1H3,(H,10,11)/t12-;8-/m00/s1. The summed E-state index contributed by atoms with van der Waals surface area (Å²) in [5.74, 6) is -0.969. The number of rotatable bonds is 5. The lowest BCUT2D eigenvalue weighted by molar-refractivity contribution is -0.148. The molecular formula is C21H22N2O3. The number of hydrogen-bond donors (Lipinski definition) is 2. The van der Waals surface area contributed by atoms with Crippen LogP contribution < -0.4 is 5.73 Å². The summed E-state index contributed by atoms with van der Waals surface area (Å²) in [6.07, 6.45) is 0.907. The van der Waals surface area contributed by atoms with E-state index in [2.05, 4.69) is 4.98 Å². The Hall–Kier alpha value is -3.02. The second-order valence-electron chi connectivity index (χ2n) is 5.51. The molecule has 2 atom stereocenters. The van der Waals surface area contributed by atoms with E-state index in [-0.39, 0.29) is 6.04 Å². The first-order valence-electron chi connectivity index (χ1n) is 8.15. The number of benzene rings is 2. The fourth-order valence-electron chi connectivity index (χ4n) is 2.40. The zero-order valence-corrected chi connectivity index (χ0v) is 14.5. The molecule has 5 nitrogen and oxygen atoms in total. The molecule has 0 unspecified atom stereocenters. The van der Waals surface area contributed by atoms with Gasteiger partial charge in [-0.3, -0.25) is 4.98 Å². The average Bonchev–Trinajstić information content (AvgIpc) is 2.70. The molecule has 134 valence electrons. The first-order chi connectivity index (χ1) is 12.6. The number of carboxylic acids is 1. The van der Waals surface area contributed by atoms with E-state index in [9.17, 15) is 4.79 Å². The predicted octanol–water partition coefficient (Wildman–Crippen LogP) is 3.59. The molecule has 0 saturated carbocycles. The lowest BCUT2D eigenvalue weighted by Crippen LogP contribution is -2.12. The lowest BCUT2D eigenvalue weighted by atomic mass is 10.0. The Balaban J connectivity index is 0.000000190. The van der Waals surface area contributed by atoms with Crippen molar-refractivity contribution in [3.8, 4) is 0 Å². The van der Waals surface area contributed by atoms with E-state index in [4.69, 9.17) is 15.6 Å². The molecule has 0 saturated heterocycles. The zero-order valence-electron chi connectivity index (χ0n) is 14.5. The van der Waals surface area contributed by atoms with Gasteiger partial charge in [-0.1, -0.05) is 66.7 Å². The summed E-state index contributed by atoms with van der Waals surface area (Å²) in [5, 5.41) is 8.70. The second kappa shape index (κ2) is 10.1. The third-order valence-corrected chi connectivity index (χ3v) is 3.73. The molecule has 2 aromatic carbocycles. The Morgan fingerprint density at radius 3 is 1.92 bits per heavy atom. The van der Waals surface area contributed by atoms with Crippen LogP contribution >= 0.6 is 0 Å². The molecule has 0 bridgehead atoms. The molecule has 3 rings (SSSR count). The van der Waals surface area contributed by atoms with Crippen molar-refractivity contribution in [2.75, 3.05) is 7.11 Å². The van der Waals surface area contributed by atoms with Crippen LogP contribution in [0.15, 0.2) is 85.1 Å². The molecule has 0 spiro atoms. The second-order valence-corrected chi connectivity index (χ2v) is 5.51. The fraction of sp³-hybridized carbons (Fsp3) is 0.143. The van der Waals surface area contributed by atoms with Gasteiger partial charge in [0, 0.05) is 13.3 Å². The number of ether oxygens (including phenoxy) is 1. The molecule has 3 N–H and O–H groups in total. The van der Waals surface area contributed by atoms with E-state index in [0.717, 1.165) is 11.3 Å². The number of nitrogens with zero attached hydrogens (tertiary/aromatic N) is 1. The number of nitrogens with two attached hydrogens (primary N) is 1. The molecule has 0 radical (unpaired) electrons. The number of carbonyl (C=O) groups is 1. The molecule has 0 aliphatic heterocycles. The number of methoxy groups -OCH3 is 1. The Kier molecular flexibility index (Phi) is 7.49. The number of aromatic nitrogens is 1. The van der Waals surface area contributed by atoms with Crippen LogP contribution in [0, 0.1) is 0 Å². The van der Waals surface area contributed by atoms with Crippen molar-refractivity contribution in [2.45, 2.75) is 12.1 Å². The highest BCUT2D eigenvalue weighted by molar-refractivity contribution is 5.74. The summed E-state index contributed by atoms with van der Waals surface area (Å²) in [4.78, 5) is 14.8. The monoisotopic (exact) mass is 350 g/mol. The minimum absolute atomic E-state index is 0.127. The van der Waals surface area contributed by atoms with Crippen molar-refractivity contribution >= 4 is 5.97 Å². The van der Waals surface area contributed by atoms with Gasteiger partial charge in [0.05, 0.1) is 11.7 Å². The number of carboxylic acid groups (broad SMARTS) is 1. The Morgan fingerprint density at radius 2 is 1.46 bits per heavy atom. The quantitative estimate of drug-likeness (QED) is 0.734. The Labute approximate surface area is 153 Å². The summed E-state index contributed by atoms with van der Waals surface area (Å²) in [6, 6.07) is 24.5. The summed E-state index contributed by atoms with van der Waals surface area (Å²) in [6.45, 7) is 0. The molecule has 0 amide bonds. The molecular weight excluding hydrogens is 328 g/mol. The lowest BCUT2D eigenvalue weighted by Gasteiger charge is -2.10. The summed E-state index contributed by atoms with van der Waals surface area (Å²) in [5.41, 5.74) is 8.70. The highest BCUT2D eigenvalue weighted by atomic mass is 16.5. The SMILES string of the molecule is CO[C@H](C(=O)O)c1ccccc1.N[C@@H](c1ccccc1)c1ccccn1. The highest BCUT2D eigenvalue weighted by Gasteiger charge is 2.17. The van der Waals surface area contributed by atoms with Crippen LogP contribution in [0.3, 0.4) is 0 Å². The van der Waals surface area contributed by atoms with Gasteiger partial charge >= 0.3 is 5.97 Å². The van der Waals surface area contributed by atoms with Crippen LogP contribution in [0.5, 0.6) is 0 Å². The van der Waals surface area contributed by atoms with E-state index >= 15 is 0 Å². The van der Waals surface area contributed by atoms with Gasteiger partial charge in [-0.05, 0) is 23.3 Å². The van der Waals surface area contributed by atoms with E-state index < -0.39 is 12.1 Å². The Bertz CT molecular complexity index is 741. The minimum Gasteiger partial charge on any atom is -0.479 e. The molecule has 0 aliphatic carbocycles. The minimum atomic E-state index is -0.969. The number of pyridine rings is 1. The van der Waals surface area contributed by atoms with E-state index in [1.54, 1.807) is 30.5 Å². The van der Waals surface area contributed by atoms with Crippen molar-refractivity contribution in [1.29, 1.82) is 0 Å². The van der Waals surface area contributed by atoms with Gasteiger partial charge in [0.2, 0.25) is 0 Å². The zero-order chi connectivity index (χ0) is 18.8. The van der Waals surface area contributed by atoms with Gasteiger partial charge in [0.1, 0.15) is 0 Å². The largest absolute Gasteiger partial charge is 0.479 e. The van der Waals surface area contributed by atoms with Crippen LogP contribution in [0.2, 0.25) is 0 Å². The highest BCUT2D eigenvalue weighted by Crippen LogP contribution is 2.16. The molecule has 0 aliphatic rings. The van der Waals surface area contributed by atoms with Crippen LogP contribution in [0.4, 0.5) is 0 Å². The van der Waals surface area contributed by atoms with E-state index in [0.29, 0.717) is 5.56 Å². The van der Waals surface area contributed by atoms with Crippen LogP contribution in [0.1, 0.15) is 29.0 Å². The van der Waals surface area contributed by atoms with Crippen molar-refractivity contribution in [3.05, 3.63) is 102 Å². The number of hydrogen-bond acceptors (Lipinski definition) is 4. The molecule has 1 heterocycles. The Morgan fingerprint density at radius 1 is 0.923 bits per heavy atom. The summed E-state index contributed by atoms with van der Waals surface area (Å²) >= 11 is 0. The van der Waals surface area contributed by atoms with E-state index in [1.807, 2.05) is 54.6 Å². The molecule has 26 heavy (non-hydrogen) atoms. The van der Waals surface area contributed by atoms with Gasteiger partial charge in [-0.25, -0.2) is 4.79 Å². The molecule has 5 heteroatoms. The summed E-state index contributed by atoms with van der Waals surface area (Å²) < 4.78 is 4.80. The normalized spacial score (nSPS) is 12.4. The topological polar surface area (TPSA) is 85.4 Å². The van der Waals surface area contributed by atoms with E-state index in [1.165, 1.54) is 7.11 Å². The molecule has 1 aromatic heterocycles. The fourth-order valence-corrected chi connectivity index (χ4v) is 2.40. The molecule has 0 fully saturated rings. The van der Waals surface area contributed by atoms with Crippen molar-refractivity contribution < 1.29 is 14.6 Å². The van der Waals surface area contributed by atoms with Crippen LogP contribution in [-0.4, -0.2) is 23.2 Å². The van der Waals surface area contributed by atoms with Gasteiger partial charge in [-0.2, -0.15) is 0 Å². The third kappa shape index (κ3) is 5.51. The first-order valence-corrected chi connectivity index (χ1v) is 8.15. The first kappa shape index (κ1) is 19.3. The van der Waals surface area contributed by atoms with Gasteiger partial charge < -0.3 is 15.6 Å². The van der Waals surface area contributed by atoms with Crippen molar-refractivity contribution in [3.63, 3.8) is 0 Å². The smallest absolute Gasteiger partial charge is 0.337 e. The maximum atomic E-state index is 10.6. The van der Waals surface area contributed by atoms with Crippen molar-refractivity contribution in [2.24, 2.45) is 5.73 Å². The number of aliphatic carboxylic acids is 1. The molecule has 3 aromatic rings.